The van der Waals surface area contributed by atoms with Gasteiger partial charge >= 0.3 is 17.1 Å². The van der Waals surface area contributed by atoms with Crippen molar-refractivity contribution in [2.24, 2.45) is 0 Å². The molecule has 1 aromatic rings. The summed E-state index contributed by atoms with van der Waals surface area (Å²) < 4.78 is 0. The standard InChI is InChI=1S/C12H12NO.C5H5.Fe/c14-12-7-5-10(6-8-12)9-13-11-3-1-2-4-11;1-2-4-5-3-1;/h1-8,13-14H,9H2;1-5H;/q;;+2. The third-order valence-electron chi connectivity index (χ3n) is 2.65. The zero-order chi connectivity index (χ0) is 13.3. The number of hydrogen-bond acceptors (Lipinski definition) is 2. The van der Waals surface area contributed by atoms with Crippen molar-refractivity contribution in [1.29, 1.82) is 0 Å². The molecular formula is C17H17FeNO+2. The van der Waals surface area contributed by atoms with E-state index in [0.29, 0.717) is 5.75 Å². The number of rotatable bonds is 3. The van der Waals surface area contributed by atoms with Crippen LogP contribution in [-0.2, 0) is 23.6 Å². The van der Waals surface area contributed by atoms with Crippen molar-refractivity contribution in [1.82, 2.24) is 5.32 Å². The van der Waals surface area contributed by atoms with Crippen molar-refractivity contribution in [3.05, 3.63) is 93.7 Å². The molecule has 2 aliphatic rings. The number of benzene rings is 1. The van der Waals surface area contributed by atoms with Gasteiger partial charge in [-0.1, -0.05) is 12.1 Å². The second-order valence-electron chi connectivity index (χ2n) is 4.16. The molecule has 0 atom stereocenters. The number of hydrogen-bond donors (Lipinski definition) is 2. The quantitative estimate of drug-likeness (QED) is 0.842. The van der Waals surface area contributed by atoms with Crippen LogP contribution in [0.4, 0.5) is 0 Å². The third kappa shape index (κ3) is 6.78. The van der Waals surface area contributed by atoms with Crippen LogP contribution in [0, 0.1) is 63.8 Å². The smallest absolute Gasteiger partial charge is 0.508 e. The zero-order valence-corrected chi connectivity index (χ0v) is 12.1. The van der Waals surface area contributed by atoms with Crippen molar-refractivity contribution in [2.45, 2.75) is 6.54 Å². The molecule has 0 heterocycles. The molecule has 1 aromatic carbocycles. The van der Waals surface area contributed by atoms with Crippen LogP contribution in [0.1, 0.15) is 5.56 Å². The number of phenols is 1. The van der Waals surface area contributed by atoms with Crippen LogP contribution in [0.5, 0.6) is 5.75 Å². The summed E-state index contributed by atoms with van der Waals surface area (Å²) in [4.78, 5) is 0. The maximum atomic E-state index is 9.09. The molecule has 3 heteroatoms. The largest absolute Gasteiger partial charge is 2.00 e. The average molecular weight is 307 g/mol. The fourth-order valence-corrected chi connectivity index (χ4v) is 1.63. The van der Waals surface area contributed by atoms with Gasteiger partial charge in [-0.3, -0.25) is 0 Å². The Balaban J connectivity index is 0.000000283. The van der Waals surface area contributed by atoms with E-state index < -0.39 is 0 Å². The Labute approximate surface area is 133 Å². The first kappa shape index (κ1) is 17.6. The Hall–Kier alpha value is -0.501. The van der Waals surface area contributed by atoms with Crippen LogP contribution < -0.4 is 5.32 Å². The fraction of sp³-hybridized carbons (Fsp3) is 0.0588. The summed E-state index contributed by atoms with van der Waals surface area (Å²) in [5.74, 6) is 0.307. The van der Waals surface area contributed by atoms with Crippen molar-refractivity contribution in [3.8, 4) is 5.75 Å². The predicted octanol–water partition coefficient (Wildman–Crippen LogP) is 2.86. The first-order valence-corrected chi connectivity index (χ1v) is 6.25. The molecule has 2 aliphatic carbocycles. The average Bonchev–Trinajstić information content (AvgIpc) is 3.14. The zero-order valence-electron chi connectivity index (χ0n) is 11.0. The molecule has 2 fully saturated rings. The molecule has 2 nitrogen and oxygen atoms in total. The van der Waals surface area contributed by atoms with Gasteiger partial charge in [-0.05, 0) is 75.5 Å². The Morgan fingerprint density at radius 2 is 1.25 bits per heavy atom. The molecule has 20 heavy (non-hydrogen) atoms. The van der Waals surface area contributed by atoms with E-state index in [1.54, 1.807) is 12.1 Å². The molecule has 10 radical (unpaired) electrons. The molecular weight excluding hydrogens is 290 g/mol. The Morgan fingerprint density at radius 3 is 1.75 bits per heavy atom. The van der Waals surface area contributed by atoms with Gasteiger partial charge < -0.3 is 10.4 Å². The number of phenolic OH excluding ortho intramolecular Hbond substituents is 1. The third-order valence-corrected chi connectivity index (χ3v) is 2.65. The molecule has 0 saturated heterocycles. The Kier molecular flexibility index (Phi) is 9.00. The van der Waals surface area contributed by atoms with Crippen LogP contribution in [-0.4, -0.2) is 5.11 Å². The summed E-state index contributed by atoms with van der Waals surface area (Å²) in [7, 11) is 0. The van der Waals surface area contributed by atoms with Gasteiger partial charge in [0.1, 0.15) is 5.75 Å². The van der Waals surface area contributed by atoms with Crippen molar-refractivity contribution < 1.29 is 22.2 Å². The van der Waals surface area contributed by atoms with Crippen molar-refractivity contribution >= 4 is 0 Å². The monoisotopic (exact) mass is 307 g/mol. The molecule has 0 bridgehead atoms. The minimum Gasteiger partial charge on any atom is -0.508 e. The molecule has 2 N–H and O–H groups in total. The van der Waals surface area contributed by atoms with Gasteiger partial charge in [0.2, 0.25) is 0 Å². The molecule has 0 spiro atoms. The van der Waals surface area contributed by atoms with E-state index in [1.165, 1.54) is 0 Å². The van der Waals surface area contributed by atoms with Gasteiger partial charge in [0.25, 0.3) is 0 Å². The first-order valence-electron chi connectivity index (χ1n) is 6.25. The van der Waals surface area contributed by atoms with E-state index in [1.807, 2.05) is 69.9 Å². The molecule has 0 unspecified atom stereocenters. The van der Waals surface area contributed by atoms with Gasteiger partial charge in [0.15, 0.2) is 0 Å². The molecule has 102 valence electrons. The van der Waals surface area contributed by atoms with Crippen molar-refractivity contribution in [3.63, 3.8) is 0 Å². The minimum atomic E-state index is 0. The van der Waals surface area contributed by atoms with E-state index in [2.05, 4.69) is 5.32 Å². The maximum absolute atomic E-state index is 9.09. The summed E-state index contributed by atoms with van der Waals surface area (Å²) in [6.07, 6.45) is 18.1. The minimum absolute atomic E-state index is 0. The number of aromatic hydroxyl groups is 1. The summed E-state index contributed by atoms with van der Waals surface area (Å²) in [5, 5.41) is 12.4. The SMILES string of the molecule is Oc1ccc(CN[C]2[CH][CH][CH][CH]2)cc1.[CH]1[CH][CH][CH][CH]1.[Fe+2]. The van der Waals surface area contributed by atoms with Gasteiger partial charge in [0.05, 0.1) is 0 Å². The van der Waals surface area contributed by atoms with E-state index in [0.717, 1.165) is 18.2 Å². The van der Waals surface area contributed by atoms with Gasteiger partial charge in [-0.2, -0.15) is 0 Å². The van der Waals surface area contributed by atoms with E-state index in [9.17, 15) is 0 Å². The molecule has 0 aliphatic heterocycles. The second kappa shape index (κ2) is 10.3. The summed E-state index contributed by atoms with van der Waals surface area (Å²) in [6, 6.07) is 8.33. The van der Waals surface area contributed by atoms with Gasteiger partial charge in [-0.15, -0.1) is 0 Å². The normalized spacial score (nSPS) is 18.2. The fourth-order valence-electron chi connectivity index (χ4n) is 1.63. The molecule has 0 amide bonds. The van der Waals surface area contributed by atoms with E-state index in [4.69, 9.17) is 5.11 Å². The Morgan fingerprint density at radius 1 is 0.750 bits per heavy atom. The van der Waals surface area contributed by atoms with Crippen LogP contribution in [0.25, 0.3) is 0 Å². The summed E-state index contributed by atoms with van der Waals surface area (Å²) in [5.41, 5.74) is 1.16. The molecule has 3 rings (SSSR count). The second-order valence-corrected chi connectivity index (χ2v) is 4.16. The summed E-state index contributed by atoms with van der Waals surface area (Å²) in [6.45, 7) is 0.782. The predicted molar refractivity (Wildman–Crippen MR) is 76.9 cm³/mol. The van der Waals surface area contributed by atoms with Gasteiger partial charge in [0, 0.05) is 12.6 Å². The molecule has 2 saturated carbocycles. The van der Waals surface area contributed by atoms with Crippen molar-refractivity contribution in [2.75, 3.05) is 0 Å². The number of nitrogens with one attached hydrogen (secondary N) is 1. The van der Waals surface area contributed by atoms with E-state index in [-0.39, 0.29) is 17.1 Å². The van der Waals surface area contributed by atoms with Crippen LogP contribution in [0.15, 0.2) is 24.3 Å². The van der Waals surface area contributed by atoms with Gasteiger partial charge in [-0.25, -0.2) is 0 Å². The van der Waals surface area contributed by atoms with Crippen LogP contribution in [0.3, 0.4) is 0 Å². The maximum Gasteiger partial charge on any atom is 2.00 e. The Bertz CT molecular complexity index is 335. The first-order chi connectivity index (χ1) is 9.34. The van der Waals surface area contributed by atoms with Crippen LogP contribution in [0.2, 0.25) is 0 Å². The topological polar surface area (TPSA) is 32.3 Å². The molecule has 0 aromatic heterocycles. The van der Waals surface area contributed by atoms with E-state index >= 15 is 0 Å². The summed E-state index contributed by atoms with van der Waals surface area (Å²) >= 11 is 0. The van der Waals surface area contributed by atoms with Crippen LogP contribution >= 0.6 is 0 Å².